The van der Waals surface area contributed by atoms with Gasteiger partial charge in [0.15, 0.2) is 0 Å². The van der Waals surface area contributed by atoms with Gasteiger partial charge in [0.05, 0.1) is 12.0 Å². The summed E-state index contributed by atoms with van der Waals surface area (Å²) in [6.45, 7) is 5.07. The van der Waals surface area contributed by atoms with E-state index in [4.69, 9.17) is 9.72 Å². The number of ether oxygens (including phenoxy) is 1. The molecule has 2 aliphatic rings. The fourth-order valence-corrected chi connectivity index (χ4v) is 5.71. The van der Waals surface area contributed by atoms with Crippen LogP contribution in [0.15, 0.2) is 42.0 Å². The average Bonchev–Trinajstić information content (AvgIpc) is 3.41. The first-order chi connectivity index (χ1) is 14.8. The highest BCUT2D eigenvalue weighted by Gasteiger charge is 2.25. The van der Waals surface area contributed by atoms with Gasteiger partial charge in [-0.1, -0.05) is 30.3 Å². The first kappa shape index (κ1) is 19.9. The lowest BCUT2D eigenvalue weighted by molar-refractivity contribution is 0.0557. The van der Waals surface area contributed by atoms with Gasteiger partial charge in [-0.05, 0) is 50.8 Å². The monoisotopic (exact) mass is 422 g/mol. The predicted octanol–water partition coefficient (Wildman–Crippen LogP) is 4.69. The van der Waals surface area contributed by atoms with Crippen molar-refractivity contribution < 1.29 is 4.74 Å². The molecule has 2 aliphatic heterocycles. The Bertz CT molecular complexity index is 968. The molecule has 0 amide bonds. The number of thiophene rings is 1. The van der Waals surface area contributed by atoms with Crippen LogP contribution in [0.25, 0.3) is 21.3 Å². The second-order valence-corrected chi connectivity index (χ2v) is 9.50. The van der Waals surface area contributed by atoms with Gasteiger partial charge in [0.1, 0.15) is 17.0 Å². The molecular formula is C24H30N4OS. The van der Waals surface area contributed by atoms with Crippen LogP contribution in [0.1, 0.15) is 25.7 Å². The largest absolute Gasteiger partial charge is 0.380 e. The third-order valence-electron chi connectivity index (χ3n) is 6.68. The molecule has 6 heteroatoms. The van der Waals surface area contributed by atoms with Gasteiger partial charge in [-0.25, -0.2) is 9.97 Å². The van der Waals surface area contributed by atoms with Crippen molar-refractivity contribution in [2.45, 2.75) is 31.7 Å². The molecule has 0 radical (unpaired) electrons. The Balaban J connectivity index is 1.24. The minimum absolute atomic E-state index is 0.620. The molecule has 30 heavy (non-hydrogen) atoms. The molecule has 0 bridgehead atoms. The fourth-order valence-electron chi connectivity index (χ4n) is 4.80. The van der Waals surface area contributed by atoms with Crippen LogP contribution in [0.5, 0.6) is 0 Å². The lowest BCUT2D eigenvalue weighted by Crippen LogP contribution is -2.36. The molecule has 1 aromatic carbocycles. The first-order valence-electron chi connectivity index (χ1n) is 11.1. The summed E-state index contributed by atoms with van der Waals surface area (Å²) in [6.07, 6.45) is 6.64. The highest BCUT2D eigenvalue weighted by atomic mass is 32.1. The number of likely N-dealkylation sites (N-methyl/N-ethyl adjacent to an activating group) is 1. The van der Waals surface area contributed by atoms with Gasteiger partial charge < -0.3 is 14.5 Å². The minimum Gasteiger partial charge on any atom is -0.380 e. The highest BCUT2D eigenvalue weighted by Crippen LogP contribution is 2.38. The van der Waals surface area contributed by atoms with E-state index in [0.717, 1.165) is 49.8 Å². The number of nitrogens with zero attached hydrogens (tertiary/aromatic N) is 4. The van der Waals surface area contributed by atoms with Crippen molar-refractivity contribution in [2.24, 2.45) is 5.92 Å². The molecule has 2 fully saturated rings. The van der Waals surface area contributed by atoms with Crippen LogP contribution < -0.4 is 4.90 Å². The summed E-state index contributed by atoms with van der Waals surface area (Å²) >= 11 is 1.71. The summed E-state index contributed by atoms with van der Waals surface area (Å²) < 4.78 is 6.12. The van der Waals surface area contributed by atoms with Crippen molar-refractivity contribution in [3.8, 4) is 11.1 Å². The number of fused-ring (bicyclic) bond motifs is 1. The van der Waals surface area contributed by atoms with Crippen LogP contribution in [0.3, 0.4) is 0 Å². The Hall–Kier alpha value is -2.02. The summed E-state index contributed by atoms with van der Waals surface area (Å²) in [6, 6.07) is 11.2. The first-order valence-corrected chi connectivity index (χ1v) is 12.0. The van der Waals surface area contributed by atoms with E-state index in [2.05, 4.69) is 57.5 Å². The van der Waals surface area contributed by atoms with Gasteiger partial charge >= 0.3 is 0 Å². The molecule has 2 aromatic heterocycles. The van der Waals surface area contributed by atoms with Crippen molar-refractivity contribution in [3.05, 3.63) is 42.0 Å². The Labute approximate surface area is 182 Å². The Morgan fingerprint density at radius 3 is 2.63 bits per heavy atom. The van der Waals surface area contributed by atoms with E-state index in [1.54, 1.807) is 17.7 Å². The minimum atomic E-state index is 0.620. The number of hydrogen-bond donors (Lipinski definition) is 0. The summed E-state index contributed by atoms with van der Waals surface area (Å²) in [5, 5.41) is 3.42. The quantitative estimate of drug-likeness (QED) is 0.577. The zero-order valence-electron chi connectivity index (χ0n) is 17.7. The van der Waals surface area contributed by atoms with Gasteiger partial charge in [0, 0.05) is 36.7 Å². The van der Waals surface area contributed by atoms with Crippen molar-refractivity contribution in [2.75, 3.05) is 44.8 Å². The molecule has 5 nitrogen and oxygen atoms in total. The Morgan fingerprint density at radius 1 is 1.03 bits per heavy atom. The lowest BCUT2D eigenvalue weighted by Gasteiger charge is -2.33. The fraction of sp³-hybridized carbons (Fsp3) is 0.500. The Morgan fingerprint density at radius 2 is 1.87 bits per heavy atom. The van der Waals surface area contributed by atoms with E-state index >= 15 is 0 Å². The van der Waals surface area contributed by atoms with E-state index in [1.807, 2.05) is 0 Å². The second-order valence-electron chi connectivity index (χ2n) is 8.64. The van der Waals surface area contributed by atoms with Gasteiger partial charge in [-0.15, -0.1) is 11.3 Å². The summed E-state index contributed by atoms with van der Waals surface area (Å²) in [4.78, 5) is 15.2. The predicted molar refractivity (Wildman–Crippen MR) is 124 cm³/mol. The normalized spacial score (nSPS) is 21.0. The van der Waals surface area contributed by atoms with Gasteiger partial charge in [-0.2, -0.15) is 0 Å². The zero-order valence-corrected chi connectivity index (χ0v) is 18.5. The number of hydrogen-bond acceptors (Lipinski definition) is 6. The maximum atomic E-state index is 6.12. The van der Waals surface area contributed by atoms with E-state index in [-0.39, 0.29) is 0 Å². The van der Waals surface area contributed by atoms with Crippen LogP contribution >= 0.6 is 11.3 Å². The van der Waals surface area contributed by atoms with Crippen LogP contribution in [0.4, 0.5) is 5.82 Å². The molecule has 0 aliphatic carbocycles. The molecule has 0 saturated carbocycles. The van der Waals surface area contributed by atoms with Gasteiger partial charge in [-0.3, -0.25) is 0 Å². The van der Waals surface area contributed by atoms with Gasteiger partial charge in [0.2, 0.25) is 0 Å². The summed E-state index contributed by atoms with van der Waals surface area (Å²) in [5.41, 5.74) is 2.48. The van der Waals surface area contributed by atoms with Crippen molar-refractivity contribution in [3.63, 3.8) is 0 Å². The molecule has 0 spiro atoms. The van der Waals surface area contributed by atoms with Gasteiger partial charge in [0.25, 0.3) is 0 Å². The topological polar surface area (TPSA) is 41.5 Å². The maximum Gasteiger partial charge on any atom is 0.141 e. The van der Waals surface area contributed by atoms with E-state index in [1.165, 1.54) is 35.9 Å². The highest BCUT2D eigenvalue weighted by molar-refractivity contribution is 7.17. The summed E-state index contributed by atoms with van der Waals surface area (Å²) in [5.74, 6) is 1.74. The third-order valence-corrected chi connectivity index (χ3v) is 7.57. The number of piperidine rings is 1. The maximum absolute atomic E-state index is 6.12. The van der Waals surface area contributed by atoms with Crippen LogP contribution in [0, 0.1) is 5.92 Å². The number of benzene rings is 1. The lowest BCUT2D eigenvalue weighted by atomic mass is 9.97. The number of likely N-dealkylation sites (tertiary alicyclic amines) is 1. The molecule has 1 atom stereocenters. The molecular weight excluding hydrogens is 392 g/mol. The molecule has 3 aromatic rings. The molecule has 2 saturated heterocycles. The molecule has 5 rings (SSSR count). The van der Waals surface area contributed by atoms with Crippen LogP contribution in [0.2, 0.25) is 0 Å². The molecule has 4 heterocycles. The van der Waals surface area contributed by atoms with Crippen molar-refractivity contribution in [1.82, 2.24) is 14.9 Å². The Kier molecular flexibility index (Phi) is 5.97. The number of rotatable bonds is 6. The molecule has 1 unspecified atom stereocenters. The van der Waals surface area contributed by atoms with Crippen LogP contribution in [-0.4, -0.2) is 60.8 Å². The van der Waals surface area contributed by atoms with Crippen molar-refractivity contribution in [1.29, 1.82) is 0 Å². The van der Waals surface area contributed by atoms with E-state index < -0.39 is 0 Å². The van der Waals surface area contributed by atoms with Crippen LogP contribution in [-0.2, 0) is 4.74 Å². The third kappa shape index (κ3) is 4.09. The average molecular weight is 423 g/mol. The molecule has 0 N–H and O–H groups in total. The van der Waals surface area contributed by atoms with E-state index in [0.29, 0.717) is 12.0 Å². The number of aromatic nitrogens is 2. The smallest absolute Gasteiger partial charge is 0.141 e. The molecule has 158 valence electrons. The zero-order chi connectivity index (χ0) is 20.3. The number of anilines is 1. The SMILES string of the molecule is CN1CCCC1COCC1CCN(c2ncnc3scc(-c4ccccc4)c23)CC1. The standard InChI is InChI=1S/C24H30N4OS/c1-27-11-5-8-20(27)15-29-14-18-9-12-28(13-10-18)23-22-21(19-6-3-2-4-7-19)16-30-24(22)26-17-25-23/h2-4,6-7,16-18,20H,5,8-15H2,1H3. The van der Waals surface area contributed by atoms with Crippen molar-refractivity contribution >= 4 is 27.4 Å². The van der Waals surface area contributed by atoms with E-state index in [9.17, 15) is 0 Å². The second kappa shape index (κ2) is 9.00. The summed E-state index contributed by atoms with van der Waals surface area (Å²) in [7, 11) is 2.22.